The molecular weight excluding hydrogens is 252 g/mol. The Bertz CT molecular complexity index is 361. The fourth-order valence-corrected chi connectivity index (χ4v) is 3.89. The minimum atomic E-state index is 0.174. The SMILES string of the molecule is CC(C)C1CCCC(CN)(NCc2cccs2)CC1. The Kier molecular flexibility index (Phi) is 5.43. The van der Waals surface area contributed by atoms with Crippen molar-refractivity contribution in [3.8, 4) is 0 Å². The van der Waals surface area contributed by atoms with Crippen molar-refractivity contribution >= 4 is 11.3 Å². The van der Waals surface area contributed by atoms with E-state index in [1.165, 1.54) is 37.0 Å². The fourth-order valence-electron chi connectivity index (χ4n) is 3.24. The monoisotopic (exact) mass is 280 g/mol. The molecule has 3 heteroatoms. The topological polar surface area (TPSA) is 38.0 Å². The molecule has 2 unspecified atom stereocenters. The van der Waals surface area contributed by atoms with E-state index in [-0.39, 0.29) is 5.54 Å². The highest BCUT2D eigenvalue weighted by Gasteiger charge is 2.32. The second-order valence-electron chi connectivity index (χ2n) is 6.35. The van der Waals surface area contributed by atoms with E-state index in [1.54, 1.807) is 0 Å². The zero-order valence-corrected chi connectivity index (χ0v) is 13.1. The van der Waals surface area contributed by atoms with Gasteiger partial charge in [-0.25, -0.2) is 0 Å². The first kappa shape index (κ1) is 15.0. The Morgan fingerprint density at radius 1 is 1.42 bits per heavy atom. The van der Waals surface area contributed by atoms with Gasteiger partial charge in [0.25, 0.3) is 0 Å². The van der Waals surface area contributed by atoms with Crippen LogP contribution in [0.4, 0.5) is 0 Å². The molecule has 0 amide bonds. The van der Waals surface area contributed by atoms with Crippen LogP contribution < -0.4 is 11.1 Å². The summed E-state index contributed by atoms with van der Waals surface area (Å²) in [4.78, 5) is 1.41. The van der Waals surface area contributed by atoms with E-state index in [0.717, 1.165) is 24.9 Å². The smallest absolute Gasteiger partial charge is 0.0307 e. The van der Waals surface area contributed by atoms with Crippen LogP contribution in [-0.2, 0) is 6.54 Å². The molecule has 108 valence electrons. The molecule has 19 heavy (non-hydrogen) atoms. The van der Waals surface area contributed by atoms with Gasteiger partial charge in [0, 0.05) is 23.5 Å². The standard InChI is InChI=1S/C16H28N2S/c1-13(2)14-5-3-8-16(12-17,9-7-14)18-11-15-6-4-10-19-15/h4,6,10,13-14,18H,3,5,7-9,11-12,17H2,1-2H3. The quantitative estimate of drug-likeness (QED) is 0.806. The summed E-state index contributed by atoms with van der Waals surface area (Å²) in [7, 11) is 0. The Morgan fingerprint density at radius 3 is 2.89 bits per heavy atom. The van der Waals surface area contributed by atoms with Gasteiger partial charge in [0.1, 0.15) is 0 Å². The van der Waals surface area contributed by atoms with Crippen LogP contribution in [0.2, 0.25) is 0 Å². The highest BCUT2D eigenvalue weighted by Crippen LogP contribution is 2.33. The van der Waals surface area contributed by atoms with Crippen LogP contribution in [0.5, 0.6) is 0 Å². The minimum absolute atomic E-state index is 0.174. The Balaban J connectivity index is 1.93. The Labute approximate surface area is 121 Å². The Hall–Kier alpha value is -0.380. The van der Waals surface area contributed by atoms with Gasteiger partial charge in [-0.3, -0.25) is 0 Å². The molecule has 0 aliphatic heterocycles. The van der Waals surface area contributed by atoms with Gasteiger partial charge in [-0.15, -0.1) is 11.3 Å². The fraction of sp³-hybridized carbons (Fsp3) is 0.750. The molecular formula is C16H28N2S. The number of nitrogens with two attached hydrogens (primary N) is 1. The molecule has 1 heterocycles. The summed E-state index contributed by atoms with van der Waals surface area (Å²) in [5, 5.41) is 5.92. The van der Waals surface area contributed by atoms with Crippen LogP contribution in [0, 0.1) is 11.8 Å². The summed E-state index contributed by atoms with van der Waals surface area (Å²) in [5.74, 6) is 1.70. The van der Waals surface area contributed by atoms with Crippen molar-refractivity contribution in [2.45, 2.75) is 58.0 Å². The average Bonchev–Trinajstić information content (AvgIpc) is 2.82. The molecule has 1 aliphatic rings. The van der Waals surface area contributed by atoms with E-state index in [0.29, 0.717) is 0 Å². The maximum absolute atomic E-state index is 6.11. The molecule has 0 saturated heterocycles. The summed E-state index contributed by atoms with van der Waals surface area (Å²) < 4.78 is 0. The van der Waals surface area contributed by atoms with E-state index in [4.69, 9.17) is 5.73 Å². The lowest BCUT2D eigenvalue weighted by molar-refractivity contribution is 0.277. The van der Waals surface area contributed by atoms with Crippen molar-refractivity contribution in [3.05, 3.63) is 22.4 Å². The maximum atomic E-state index is 6.11. The predicted molar refractivity (Wildman–Crippen MR) is 84.4 cm³/mol. The average molecular weight is 280 g/mol. The third kappa shape index (κ3) is 4.04. The molecule has 0 spiro atoms. The van der Waals surface area contributed by atoms with E-state index >= 15 is 0 Å². The number of nitrogens with one attached hydrogen (secondary N) is 1. The zero-order chi connectivity index (χ0) is 13.7. The van der Waals surface area contributed by atoms with Crippen LogP contribution in [0.15, 0.2) is 17.5 Å². The lowest BCUT2D eigenvalue weighted by atomic mass is 9.86. The molecule has 2 atom stereocenters. The second-order valence-corrected chi connectivity index (χ2v) is 7.38. The number of rotatable bonds is 5. The molecule has 1 fully saturated rings. The summed E-state index contributed by atoms with van der Waals surface area (Å²) in [5.41, 5.74) is 6.28. The highest BCUT2D eigenvalue weighted by atomic mass is 32.1. The van der Waals surface area contributed by atoms with Gasteiger partial charge in [0.2, 0.25) is 0 Å². The first-order chi connectivity index (χ1) is 9.15. The molecule has 3 N–H and O–H groups in total. The lowest BCUT2D eigenvalue weighted by Crippen LogP contribution is -2.50. The van der Waals surface area contributed by atoms with Gasteiger partial charge >= 0.3 is 0 Å². The van der Waals surface area contributed by atoms with Crippen molar-refractivity contribution < 1.29 is 0 Å². The molecule has 0 aromatic carbocycles. The maximum Gasteiger partial charge on any atom is 0.0307 e. The Morgan fingerprint density at radius 2 is 2.26 bits per heavy atom. The first-order valence-electron chi connectivity index (χ1n) is 7.63. The van der Waals surface area contributed by atoms with E-state index in [1.807, 2.05) is 11.3 Å². The van der Waals surface area contributed by atoms with Crippen molar-refractivity contribution in [1.82, 2.24) is 5.32 Å². The molecule has 2 nitrogen and oxygen atoms in total. The molecule has 1 saturated carbocycles. The van der Waals surface area contributed by atoms with Crippen LogP contribution in [0.25, 0.3) is 0 Å². The van der Waals surface area contributed by atoms with Crippen LogP contribution in [0.1, 0.15) is 50.8 Å². The zero-order valence-electron chi connectivity index (χ0n) is 12.3. The van der Waals surface area contributed by atoms with Crippen molar-refractivity contribution in [2.75, 3.05) is 6.54 Å². The van der Waals surface area contributed by atoms with E-state index in [2.05, 4.69) is 36.7 Å². The van der Waals surface area contributed by atoms with Crippen molar-refractivity contribution in [1.29, 1.82) is 0 Å². The summed E-state index contributed by atoms with van der Waals surface area (Å²) >= 11 is 1.83. The highest BCUT2D eigenvalue weighted by molar-refractivity contribution is 7.09. The van der Waals surface area contributed by atoms with Gasteiger partial charge in [-0.05, 0) is 42.5 Å². The van der Waals surface area contributed by atoms with Gasteiger partial charge in [0.05, 0.1) is 0 Å². The molecule has 1 aromatic heterocycles. The van der Waals surface area contributed by atoms with Gasteiger partial charge < -0.3 is 11.1 Å². The van der Waals surface area contributed by atoms with E-state index in [9.17, 15) is 0 Å². The molecule has 0 bridgehead atoms. The van der Waals surface area contributed by atoms with Gasteiger partial charge in [-0.1, -0.05) is 32.8 Å². The van der Waals surface area contributed by atoms with Crippen molar-refractivity contribution in [2.24, 2.45) is 17.6 Å². The normalized spacial score (nSPS) is 28.5. The minimum Gasteiger partial charge on any atom is -0.329 e. The molecule has 0 radical (unpaired) electrons. The van der Waals surface area contributed by atoms with Crippen LogP contribution >= 0.6 is 11.3 Å². The molecule has 2 rings (SSSR count). The van der Waals surface area contributed by atoms with Gasteiger partial charge in [0.15, 0.2) is 0 Å². The first-order valence-corrected chi connectivity index (χ1v) is 8.51. The summed E-state index contributed by atoms with van der Waals surface area (Å²) in [6.07, 6.45) is 6.49. The summed E-state index contributed by atoms with van der Waals surface area (Å²) in [6.45, 7) is 6.46. The molecule has 1 aromatic rings. The summed E-state index contributed by atoms with van der Waals surface area (Å²) in [6, 6.07) is 4.33. The molecule has 1 aliphatic carbocycles. The van der Waals surface area contributed by atoms with Crippen LogP contribution in [-0.4, -0.2) is 12.1 Å². The third-order valence-corrected chi connectivity index (χ3v) is 5.65. The number of thiophene rings is 1. The lowest BCUT2D eigenvalue weighted by Gasteiger charge is -2.33. The largest absolute Gasteiger partial charge is 0.329 e. The predicted octanol–water partition coefficient (Wildman–Crippen LogP) is 3.77. The number of hydrogen-bond acceptors (Lipinski definition) is 3. The van der Waals surface area contributed by atoms with Crippen molar-refractivity contribution in [3.63, 3.8) is 0 Å². The third-order valence-electron chi connectivity index (χ3n) is 4.78. The second kappa shape index (κ2) is 6.87. The van der Waals surface area contributed by atoms with Gasteiger partial charge in [-0.2, -0.15) is 0 Å². The number of hydrogen-bond donors (Lipinski definition) is 2. The van der Waals surface area contributed by atoms with Crippen LogP contribution in [0.3, 0.4) is 0 Å². The van der Waals surface area contributed by atoms with E-state index < -0.39 is 0 Å².